The van der Waals surface area contributed by atoms with Gasteiger partial charge in [-0.05, 0) is 29.8 Å². The minimum Gasteiger partial charge on any atom is -0.489 e. The van der Waals surface area contributed by atoms with Gasteiger partial charge < -0.3 is 9.30 Å². The van der Waals surface area contributed by atoms with Crippen LogP contribution in [-0.2, 0) is 13.7 Å². The Labute approximate surface area is 157 Å². The molecule has 4 aromatic rings. The molecule has 0 atom stereocenters. The van der Waals surface area contributed by atoms with Gasteiger partial charge in [-0.3, -0.25) is 10.1 Å². The number of rotatable bonds is 5. The first-order valence-electron chi connectivity index (χ1n) is 8.70. The van der Waals surface area contributed by atoms with Crippen LogP contribution in [0.4, 0.5) is 5.95 Å². The molecule has 27 heavy (non-hydrogen) atoms. The molecule has 0 spiro atoms. The molecule has 0 unspecified atom stereocenters. The smallest absolute Gasteiger partial charge is 0.257 e. The maximum absolute atomic E-state index is 12.4. The van der Waals surface area contributed by atoms with Gasteiger partial charge in [-0.1, -0.05) is 48.5 Å². The maximum Gasteiger partial charge on any atom is 0.257 e. The summed E-state index contributed by atoms with van der Waals surface area (Å²) in [4.78, 5) is 16.9. The number of nitrogens with one attached hydrogen (secondary N) is 1. The van der Waals surface area contributed by atoms with Gasteiger partial charge >= 0.3 is 0 Å². The highest BCUT2D eigenvalue weighted by atomic mass is 16.5. The highest BCUT2D eigenvalue weighted by Crippen LogP contribution is 2.24. The van der Waals surface area contributed by atoms with E-state index in [0.717, 1.165) is 22.3 Å². The van der Waals surface area contributed by atoms with E-state index in [1.165, 1.54) is 0 Å². The second-order valence-corrected chi connectivity index (χ2v) is 6.24. The lowest BCUT2D eigenvalue weighted by molar-refractivity contribution is 0.102. The molecule has 0 fully saturated rings. The van der Waals surface area contributed by atoms with Crippen molar-refractivity contribution < 1.29 is 9.53 Å². The number of aryl methyl sites for hydroxylation is 1. The molecule has 0 aliphatic rings. The molecule has 134 valence electrons. The highest BCUT2D eigenvalue weighted by Gasteiger charge is 2.13. The summed E-state index contributed by atoms with van der Waals surface area (Å²) < 4.78 is 7.74. The van der Waals surface area contributed by atoms with Crippen LogP contribution in [0.1, 0.15) is 15.9 Å². The Bertz CT molecular complexity index is 1070. The Kier molecular flexibility index (Phi) is 4.58. The summed E-state index contributed by atoms with van der Waals surface area (Å²) >= 11 is 0. The zero-order chi connectivity index (χ0) is 18.6. The highest BCUT2D eigenvalue weighted by molar-refractivity contribution is 6.04. The standard InChI is InChI=1S/C22H19N3O2/c1-25-20-14-18(27-15-16-8-4-2-5-9-16)12-13-19(20)23-22(25)24-21(26)17-10-6-3-7-11-17/h2-14H,15H2,1H3,(H,23,24,26). The second-order valence-electron chi connectivity index (χ2n) is 6.24. The molecular weight excluding hydrogens is 338 g/mol. The number of hydrogen-bond acceptors (Lipinski definition) is 3. The summed E-state index contributed by atoms with van der Waals surface area (Å²) in [6, 6.07) is 24.8. The fourth-order valence-corrected chi connectivity index (χ4v) is 2.88. The predicted molar refractivity (Wildman–Crippen MR) is 106 cm³/mol. The van der Waals surface area contributed by atoms with Gasteiger partial charge in [0.05, 0.1) is 11.0 Å². The molecule has 0 aliphatic heterocycles. The van der Waals surface area contributed by atoms with Crippen LogP contribution >= 0.6 is 0 Å². The van der Waals surface area contributed by atoms with Crippen molar-refractivity contribution in [2.75, 3.05) is 5.32 Å². The van der Waals surface area contributed by atoms with E-state index in [1.54, 1.807) is 12.1 Å². The van der Waals surface area contributed by atoms with Gasteiger partial charge in [0.2, 0.25) is 5.95 Å². The number of benzene rings is 3. The second kappa shape index (κ2) is 7.33. The lowest BCUT2D eigenvalue weighted by Gasteiger charge is -2.07. The van der Waals surface area contributed by atoms with E-state index in [4.69, 9.17) is 4.74 Å². The molecule has 0 aliphatic carbocycles. The normalized spacial score (nSPS) is 10.7. The number of fused-ring (bicyclic) bond motifs is 1. The van der Waals surface area contributed by atoms with E-state index < -0.39 is 0 Å². The summed E-state index contributed by atoms with van der Waals surface area (Å²) in [5.74, 6) is 1.07. The van der Waals surface area contributed by atoms with E-state index in [9.17, 15) is 4.79 Å². The number of imidazole rings is 1. The summed E-state index contributed by atoms with van der Waals surface area (Å²) in [6.45, 7) is 0.502. The fraction of sp³-hybridized carbons (Fsp3) is 0.0909. The lowest BCUT2D eigenvalue weighted by atomic mass is 10.2. The van der Waals surface area contributed by atoms with E-state index >= 15 is 0 Å². The summed E-state index contributed by atoms with van der Waals surface area (Å²) in [5, 5.41) is 2.87. The first-order chi connectivity index (χ1) is 13.2. The van der Waals surface area contributed by atoms with Crippen LogP contribution in [0, 0.1) is 0 Å². The third-order valence-electron chi connectivity index (χ3n) is 4.36. The molecule has 0 saturated heterocycles. The van der Waals surface area contributed by atoms with Gasteiger partial charge in [-0.15, -0.1) is 0 Å². The van der Waals surface area contributed by atoms with Crippen molar-refractivity contribution in [3.8, 4) is 5.75 Å². The number of anilines is 1. The van der Waals surface area contributed by atoms with Crippen molar-refractivity contribution in [1.82, 2.24) is 9.55 Å². The Morgan fingerprint density at radius 1 is 1.00 bits per heavy atom. The van der Waals surface area contributed by atoms with Crippen LogP contribution < -0.4 is 10.1 Å². The summed E-state index contributed by atoms with van der Waals surface area (Å²) in [6.07, 6.45) is 0. The first-order valence-corrected chi connectivity index (χ1v) is 8.70. The number of ether oxygens (including phenoxy) is 1. The zero-order valence-electron chi connectivity index (χ0n) is 14.9. The first kappa shape index (κ1) is 16.8. The average Bonchev–Trinajstić information content (AvgIpc) is 3.03. The third kappa shape index (κ3) is 3.67. The number of aromatic nitrogens is 2. The van der Waals surface area contributed by atoms with E-state index in [1.807, 2.05) is 78.3 Å². The van der Waals surface area contributed by atoms with Crippen LogP contribution in [0.15, 0.2) is 78.9 Å². The fourth-order valence-electron chi connectivity index (χ4n) is 2.88. The molecule has 0 saturated carbocycles. The zero-order valence-corrected chi connectivity index (χ0v) is 14.9. The van der Waals surface area contributed by atoms with E-state index in [0.29, 0.717) is 18.1 Å². The number of hydrogen-bond donors (Lipinski definition) is 1. The molecule has 1 N–H and O–H groups in total. The Morgan fingerprint density at radius 2 is 1.70 bits per heavy atom. The number of carbonyl (C=O) groups excluding carboxylic acids is 1. The van der Waals surface area contributed by atoms with Crippen LogP contribution in [0.2, 0.25) is 0 Å². The van der Waals surface area contributed by atoms with Crippen molar-refractivity contribution in [2.24, 2.45) is 7.05 Å². The molecule has 5 heteroatoms. The van der Waals surface area contributed by atoms with E-state index in [-0.39, 0.29) is 5.91 Å². The van der Waals surface area contributed by atoms with Crippen LogP contribution in [0.25, 0.3) is 11.0 Å². The van der Waals surface area contributed by atoms with Crippen molar-refractivity contribution in [2.45, 2.75) is 6.61 Å². The quantitative estimate of drug-likeness (QED) is 0.576. The van der Waals surface area contributed by atoms with Gasteiger partial charge in [-0.25, -0.2) is 4.98 Å². The Balaban J connectivity index is 1.54. The largest absolute Gasteiger partial charge is 0.489 e. The average molecular weight is 357 g/mol. The SMILES string of the molecule is Cn1c(NC(=O)c2ccccc2)nc2ccc(OCc3ccccc3)cc21. The number of nitrogens with zero attached hydrogens (tertiary/aromatic N) is 2. The Hall–Kier alpha value is -3.60. The molecule has 0 bridgehead atoms. The molecular formula is C22H19N3O2. The summed E-state index contributed by atoms with van der Waals surface area (Å²) in [5.41, 5.74) is 3.40. The lowest BCUT2D eigenvalue weighted by Crippen LogP contribution is -2.14. The van der Waals surface area contributed by atoms with Crippen LogP contribution in [0.5, 0.6) is 5.75 Å². The van der Waals surface area contributed by atoms with Crippen LogP contribution in [-0.4, -0.2) is 15.5 Å². The van der Waals surface area contributed by atoms with Crippen molar-refractivity contribution in [3.63, 3.8) is 0 Å². The van der Waals surface area contributed by atoms with Gasteiger partial charge in [-0.2, -0.15) is 0 Å². The maximum atomic E-state index is 12.4. The number of amides is 1. The molecule has 1 aromatic heterocycles. The molecule has 0 radical (unpaired) electrons. The minimum atomic E-state index is -0.186. The van der Waals surface area contributed by atoms with Crippen molar-refractivity contribution in [3.05, 3.63) is 90.0 Å². The van der Waals surface area contributed by atoms with Crippen molar-refractivity contribution in [1.29, 1.82) is 0 Å². The molecule has 5 nitrogen and oxygen atoms in total. The monoisotopic (exact) mass is 357 g/mol. The molecule has 4 rings (SSSR count). The Morgan fingerprint density at radius 3 is 2.44 bits per heavy atom. The number of carbonyl (C=O) groups is 1. The van der Waals surface area contributed by atoms with Crippen LogP contribution in [0.3, 0.4) is 0 Å². The van der Waals surface area contributed by atoms with Gasteiger partial charge in [0.1, 0.15) is 12.4 Å². The van der Waals surface area contributed by atoms with Gasteiger partial charge in [0.15, 0.2) is 0 Å². The predicted octanol–water partition coefficient (Wildman–Crippen LogP) is 4.40. The summed E-state index contributed by atoms with van der Waals surface area (Å²) in [7, 11) is 1.87. The molecule has 3 aromatic carbocycles. The topological polar surface area (TPSA) is 56.2 Å². The third-order valence-corrected chi connectivity index (χ3v) is 4.36. The minimum absolute atomic E-state index is 0.186. The molecule has 1 amide bonds. The van der Waals surface area contributed by atoms with E-state index in [2.05, 4.69) is 10.3 Å². The van der Waals surface area contributed by atoms with Gasteiger partial charge in [0.25, 0.3) is 5.91 Å². The molecule has 1 heterocycles. The van der Waals surface area contributed by atoms with Gasteiger partial charge in [0, 0.05) is 18.7 Å². The van der Waals surface area contributed by atoms with Crippen molar-refractivity contribution >= 4 is 22.9 Å².